The lowest BCUT2D eigenvalue weighted by Crippen LogP contribution is -2.11. The van der Waals surface area contributed by atoms with Gasteiger partial charge < -0.3 is 10.1 Å². The van der Waals surface area contributed by atoms with Gasteiger partial charge in [0, 0.05) is 5.56 Å². The number of halogens is 1. The molecule has 1 aromatic carbocycles. The maximum atomic E-state index is 12.3. The van der Waals surface area contributed by atoms with Crippen LogP contribution in [0.4, 0.5) is 5.82 Å². The molecule has 0 saturated carbocycles. The van der Waals surface area contributed by atoms with Gasteiger partial charge in [0.25, 0.3) is 0 Å². The molecule has 0 aliphatic heterocycles. The molecular formula is C14H12BrN3O3. The van der Waals surface area contributed by atoms with Crippen LogP contribution in [0.1, 0.15) is 27.9 Å². The van der Waals surface area contributed by atoms with Crippen molar-refractivity contribution in [1.29, 1.82) is 0 Å². The van der Waals surface area contributed by atoms with E-state index in [9.17, 15) is 14.9 Å². The summed E-state index contributed by atoms with van der Waals surface area (Å²) in [6.45, 7) is -0.00870. The van der Waals surface area contributed by atoms with Gasteiger partial charge in [-0.2, -0.15) is 4.68 Å². The fourth-order valence-electron chi connectivity index (χ4n) is 2.58. The van der Waals surface area contributed by atoms with Crippen LogP contribution in [0.25, 0.3) is 0 Å². The number of rotatable bonds is 4. The number of aromatic nitrogens is 2. The van der Waals surface area contributed by atoms with Crippen molar-refractivity contribution in [2.45, 2.75) is 25.8 Å². The summed E-state index contributed by atoms with van der Waals surface area (Å²) in [4.78, 5) is 22.4. The van der Waals surface area contributed by atoms with Crippen LogP contribution in [0.2, 0.25) is 0 Å². The number of carbonyl (C=O) groups excluding carboxylic acids is 1. The van der Waals surface area contributed by atoms with Gasteiger partial charge >= 0.3 is 5.82 Å². The molecule has 1 aliphatic carbocycles. The van der Waals surface area contributed by atoms with Crippen LogP contribution < -0.4 is 0 Å². The SMILES string of the molecule is O=C(Cn1cc(Br)c([N+](=O)[O-])n1)c1ccc2c(c1)CCC2. The van der Waals surface area contributed by atoms with Crippen molar-refractivity contribution in [3.05, 3.63) is 55.7 Å². The summed E-state index contributed by atoms with van der Waals surface area (Å²) in [5.74, 6) is -0.383. The van der Waals surface area contributed by atoms with Crippen LogP contribution in [0.15, 0.2) is 28.9 Å². The minimum atomic E-state index is -0.583. The van der Waals surface area contributed by atoms with Gasteiger partial charge in [-0.3, -0.25) is 4.79 Å². The smallest absolute Gasteiger partial charge is 0.358 e. The first kappa shape index (κ1) is 13.9. The lowest BCUT2D eigenvalue weighted by molar-refractivity contribution is -0.390. The molecule has 6 nitrogen and oxygen atoms in total. The number of hydrogen-bond donors (Lipinski definition) is 0. The quantitative estimate of drug-likeness (QED) is 0.483. The minimum absolute atomic E-state index is 0.00870. The van der Waals surface area contributed by atoms with Gasteiger partial charge in [0.2, 0.25) is 0 Å². The molecule has 108 valence electrons. The molecule has 1 aromatic heterocycles. The first-order valence-corrected chi connectivity index (χ1v) is 7.36. The second-order valence-corrected chi connectivity index (χ2v) is 5.87. The first-order valence-electron chi connectivity index (χ1n) is 6.57. The van der Waals surface area contributed by atoms with Crippen LogP contribution in [0, 0.1) is 10.1 Å². The highest BCUT2D eigenvalue weighted by Crippen LogP contribution is 2.24. The molecule has 2 aromatic rings. The van der Waals surface area contributed by atoms with Crippen LogP contribution in [0.5, 0.6) is 0 Å². The van der Waals surface area contributed by atoms with Crippen LogP contribution in [0.3, 0.4) is 0 Å². The standard InChI is InChI=1S/C14H12BrN3O3/c15-12-7-17(16-14(12)18(20)21)8-13(19)11-5-4-9-2-1-3-10(9)6-11/h4-7H,1-3,8H2. The lowest BCUT2D eigenvalue weighted by Gasteiger charge is -2.03. The molecule has 1 heterocycles. The third-order valence-electron chi connectivity index (χ3n) is 3.60. The fraction of sp³-hybridized carbons (Fsp3) is 0.286. The summed E-state index contributed by atoms with van der Waals surface area (Å²) < 4.78 is 1.56. The Hall–Kier alpha value is -2.02. The third-order valence-corrected chi connectivity index (χ3v) is 4.16. The van der Waals surface area contributed by atoms with Crippen molar-refractivity contribution in [2.24, 2.45) is 0 Å². The molecule has 0 atom stereocenters. The normalized spacial score (nSPS) is 13.2. The number of ketones is 1. The Labute approximate surface area is 129 Å². The highest BCUT2D eigenvalue weighted by Gasteiger charge is 2.21. The summed E-state index contributed by atoms with van der Waals surface area (Å²) in [6, 6.07) is 5.74. The van der Waals surface area contributed by atoms with E-state index in [-0.39, 0.29) is 22.6 Å². The zero-order valence-electron chi connectivity index (χ0n) is 11.1. The maximum Gasteiger partial charge on any atom is 0.404 e. The molecule has 21 heavy (non-hydrogen) atoms. The number of hydrogen-bond acceptors (Lipinski definition) is 4. The van der Waals surface area contributed by atoms with Gasteiger partial charge in [0.15, 0.2) is 5.78 Å². The van der Waals surface area contributed by atoms with Gasteiger partial charge in [0.05, 0.1) is 11.3 Å². The van der Waals surface area contributed by atoms with E-state index in [0.717, 1.165) is 19.3 Å². The van der Waals surface area contributed by atoms with E-state index in [1.54, 1.807) is 0 Å². The Balaban J connectivity index is 1.80. The Morgan fingerprint density at radius 3 is 2.86 bits per heavy atom. The van der Waals surface area contributed by atoms with Crippen molar-refractivity contribution in [3.8, 4) is 0 Å². The van der Waals surface area contributed by atoms with Crippen molar-refractivity contribution in [2.75, 3.05) is 0 Å². The summed E-state index contributed by atoms with van der Waals surface area (Å²) in [5.41, 5.74) is 3.17. The molecule has 0 bridgehead atoms. The zero-order valence-corrected chi connectivity index (χ0v) is 12.7. The Kier molecular flexibility index (Phi) is 3.59. The number of nitrogens with zero attached hydrogens (tertiary/aromatic N) is 3. The molecule has 0 fully saturated rings. The monoisotopic (exact) mass is 349 g/mol. The van der Waals surface area contributed by atoms with Crippen LogP contribution >= 0.6 is 15.9 Å². The predicted octanol–water partition coefficient (Wildman–Crippen LogP) is 2.93. The summed E-state index contributed by atoms with van der Waals surface area (Å²) in [6.07, 6.45) is 4.66. The molecule has 0 saturated heterocycles. The second kappa shape index (κ2) is 5.40. The van der Waals surface area contributed by atoms with E-state index in [0.29, 0.717) is 5.56 Å². The van der Waals surface area contributed by atoms with Crippen molar-refractivity contribution in [3.63, 3.8) is 0 Å². The van der Waals surface area contributed by atoms with Gasteiger partial charge in [-0.1, -0.05) is 12.1 Å². The summed E-state index contributed by atoms with van der Waals surface area (Å²) in [5, 5.41) is 14.5. The molecule has 0 amide bonds. The van der Waals surface area contributed by atoms with Gasteiger partial charge in [0.1, 0.15) is 11.0 Å². The number of Topliss-reactive ketones (excluding diaryl/α,β-unsaturated/α-hetero) is 1. The van der Waals surface area contributed by atoms with E-state index < -0.39 is 4.92 Å². The molecule has 1 aliphatic rings. The highest BCUT2D eigenvalue weighted by molar-refractivity contribution is 9.10. The van der Waals surface area contributed by atoms with Gasteiger partial charge in [-0.15, -0.1) is 0 Å². The molecular weight excluding hydrogens is 338 g/mol. The van der Waals surface area contributed by atoms with Gasteiger partial charge in [-0.25, -0.2) is 0 Å². The predicted molar refractivity (Wildman–Crippen MR) is 79.4 cm³/mol. The van der Waals surface area contributed by atoms with Crippen molar-refractivity contribution < 1.29 is 9.72 Å². The van der Waals surface area contributed by atoms with Gasteiger partial charge in [-0.05, 0) is 57.3 Å². The van der Waals surface area contributed by atoms with E-state index in [2.05, 4.69) is 21.0 Å². The van der Waals surface area contributed by atoms with E-state index in [1.165, 1.54) is 22.0 Å². The number of nitro groups is 1. The number of carbonyl (C=O) groups is 1. The molecule has 0 radical (unpaired) electrons. The molecule has 7 heteroatoms. The Morgan fingerprint density at radius 1 is 1.38 bits per heavy atom. The molecule has 0 spiro atoms. The van der Waals surface area contributed by atoms with E-state index >= 15 is 0 Å². The zero-order chi connectivity index (χ0) is 15.0. The number of aryl methyl sites for hydroxylation is 2. The fourth-order valence-corrected chi connectivity index (χ4v) is 3.04. The minimum Gasteiger partial charge on any atom is -0.358 e. The van der Waals surface area contributed by atoms with E-state index in [1.807, 2.05) is 18.2 Å². The molecule has 0 unspecified atom stereocenters. The topological polar surface area (TPSA) is 78.0 Å². The Morgan fingerprint density at radius 2 is 2.14 bits per heavy atom. The van der Waals surface area contributed by atoms with Crippen LogP contribution in [-0.4, -0.2) is 20.5 Å². The van der Waals surface area contributed by atoms with Crippen LogP contribution in [-0.2, 0) is 19.4 Å². The van der Waals surface area contributed by atoms with E-state index in [4.69, 9.17) is 0 Å². The first-order chi connectivity index (χ1) is 10.0. The number of benzene rings is 1. The average molecular weight is 350 g/mol. The second-order valence-electron chi connectivity index (χ2n) is 5.02. The summed E-state index contributed by atoms with van der Waals surface area (Å²) in [7, 11) is 0. The van der Waals surface area contributed by atoms with Crippen molar-refractivity contribution >= 4 is 27.5 Å². The molecule has 0 N–H and O–H groups in total. The average Bonchev–Trinajstić information content (AvgIpc) is 3.04. The highest BCUT2D eigenvalue weighted by atomic mass is 79.9. The Bertz CT molecular complexity index is 739. The number of fused-ring (bicyclic) bond motifs is 1. The lowest BCUT2D eigenvalue weighted by atomic mass is 10.0. The largest absolute Gasteiger partial charge is 0.404 e. The van der Waals surface area contributed by atoms with Crippen molar-refractivity contribution in [1.82, 2.24) is 9.78 Å². The maximum absolute atomic E-state index is 12.3. The summed E-state index contributed by atoms with van der Waals surface area (Å²) >= 11 is 3.07. The third kappa shape index (κ3) is 2.73. The molecule has 3 rings (SSSR count).